The minimum Gasteiger partial charge on any atom is -0.353 e. The summed E-state index contributed by atoms with van der Waals surface area (Å²) < 4.78 is 0. The van der Waals surface area contributed by atoms with Crippen molar-refractivity contribution in [3.63, 3.8) is 0 Å². The first-order valence-corrected chi connectivity index (χ1v) is 8.78. The first kappa shape index (κ1) is 18.6. The zero-order chi connectivity index (χ0) is 16.5. The van der Waals surface area contributed by atoms with Crippen LogP contribution in [-0.2, 0) is 4.79 Å². The van der Waals surface area contributed by atoms with E-state index in [4.69, 9.17) is 0 Å². The number of thioether (sulfide) groups is 1. The summed E-state index contributed by atoms with van der Waals surface area (Å²) in [6.45, 7) is 7.98. The summed E-state index contributed by atoms with van der Waals surface area (Å²) >= 11 is 1.39. The van der Waals surface area contributed by atoms with Crippen LogP contribution in [0.25, 0.3) is 0 Å². The van der Waals surface area contributed by atoms with Gasteiger partial charge in [0, 0.05) is 17.0 Å². The first-order chi connectivity index (χ1) is 10.5. The first-order valence-electron chi connectivity index (χ1n) is 7.79. The van der Waals surface area contributed by atoms with Crippen LogP contribution in [0.2, 0.25) is 0 Å². The van der Waals surface area contributed by atoms with Gasteiger partial charge in [-0.3, -0.25) is 9.59 Å². The molecule has 0 radical (unpaired) electrons. The van der Waals surface area contributed by atoms with Crippen molar-refractivity contribution in [1.82, 2.24) is 10.6 Å². The second-order valence-electron chi connectivity index (χ2n) is 5.49. The molecule has 0 aliphatic carbocycles. The van der Waals surface area contributed by atoms with Crippen LogP contribution in [0.4, 0.5) is 0 Å². The Balaban J connectivity index is 2.73. The van der Waals surface area contributed by atoms with E-state index >= 15 is 0 Å². The van der Waals surface area contributed by atoms with Crippen LogP contribution < -0.4 is 10.6 Å². The van der Waals surface area contributed by atoms with Crippen LogP contribution in [0, 0.1) is 0 Å². The lowest BCUT2D eigenvalue weighted by molar-refractivity contribution is -0.119. The molecule has 1 rings (SSSR count). The summed E-state index contributed by atoms with van der Waals surface area (Å²) in [5.41, 5.74) is 0.636. The van der Waals surface area contributed by atoms with Gasteiger partial charge in [-0.1, -0.05) is 26.0 Å². The average Bonchev–Trinajstić information content (AvgIpc) is 2.50. The molecule has 0 bridgehead atoms. The Kier molecular flexibility index (Phi) is 8.02. The molecule has 0 saturated heterocycles. The lowest BCUT2D eigenvalue weighted by Gasteiger charge is -2.16. The Morgan fingerprint density at radius 1 is 1.09 bits per heavy atom. The van der Waals surface area contributed by atoms with E-state index in [-0.39, 0.29) is 23.9 Å². The van der Waals surface area contributed by atoms with Crippen molar-refractivity contribution in [1.29, 1.82) is 0 Å². The molecule has 22 heavy (non-hydrogen) atoms. The van der Waals surface area contributed by atoms with Gasteiger partial charge in [0.15, 0.2) is 0 Å². The Morgan fingerprint density at radius 2 is 1.73 bits per heavy atom. The largest absolute Gasteiger partial charge is 0.353 e. The van der Waals surface area contributed by atoms with Crippen LogP contribution in [0.1, 0.15) is 50.9 Å². The van der Waals surface area contributed by atoms with E-state index in [2.05, 4.69) is 24.5 Å². The monoisotopic (exact) mass is 322 g/mol. The number of amides is 2. The average molecular weight is 322 g/mol. The van der Waals surface area contributed by atoms with Gasteiger partial charge < -0.3 is 10.6 Å². The van der Waals surface area contributed by atoms with Crippen LogP contribution in [0.3, 0.4) is 0 Å². The molecule has 5 heteroatoms. The fourth-order valence-corrected chi connectivity index (χ4v) is 2.90. The Bertz CT molecular complexity index is 499. The van der Waals surface area contributed by atoms with Gasteiger partial charge in [-0.05, 0) is 38.8 Å². The lowest BCUT2D eigenvalue weighted by Crippen LogP contribution is -2.34. The fourth-order valence-electron chi connectivity index (χ4n) is 2.04. The quantitative estimate of drug-likeness (QED) is 0.723. The molecule has 2 N–H and O–H groups in total. The molecule has 2 amide bonds. The van der Waals surface area contributed by atoms with Gasteiger partial charge in [0.2, 0.25) is 5.91 Å². The molecule has 0 aliphatic heterocycles. The maximum Gasteiger partial charge on any atom is 0.252 e. The molecule has 1 aromatic carbocycles. The van der Waals surface area contributed by atoms with E-state index < -0.39 is 0 Å². The minimum atomic E-state index is -0.0685. The smallest absolute Gasteiger partial charge is 0.252 e. The van der Waals surface area contributed by atoms with Gasteiger partial charge in [0.05, 0.1) is 11.3 Å². The molecule has 0 atom stereocenters. The maximum atomic E-state index is 12.4. The minimum absolute atomic E-state index is 0.0183. The van der Waals surface area contributed by atoms with E-state index in [9.17, 15) is 9.59 Å². The number of hydrogen-bond acceptors (Lipinski definition) is 3. The Labute approximate surface area is 137 Å². The number of carbonyl (C=O) groups is 2. The summed E-state index contributed by atoms with van der Waals surface area (Å²) in [7, 11) is 0. The molecule has 0 fully saturated rings. The molecule has 0 spiro atoms. The summed E-state index contributed by atoms with van der Waals surface area (Å²) in [5.74, 6) is 0.226. The summed E-state index contributed by atoms with van der Waals surface area (Å²) in [6, 6.07) is 7.74. The Hall–Kier alpha value is -1.49. The van der Waals surface area contributed by atoms with Crippen LogP contribution >= 0.6 is 11.8 Å². The van der Waals surface area contributed by atoms with E-state index in [1.807, 2.05) is 32.0 Å². The van der Waals surface area contributed by atoms with Crippen molar-refractivity contribution in [2.75, 3.05) is 5.75 Å². The molecule has 0 unspecified atom stereocenters. The highest BCUT2D eigenvalue weighted by Crippen LogP contribution is 2.22. The van der Waals surface area contributed by atoms with E-state index in [1.54, 1.807) is 6.07 Å². The number of benzene rings is 1. The molecule has 4 nitrogen and oxygen atoms in total. The predicted octanol–water partition coefficient (Wildman–Crippen LogP) is 3.22. The van der Waals surface area contributed by atoms with Crippen LogP contribution in [0.15, 0.2) is 29.2 Å². The van der Waals surface area contributed by atoms with Gasteiger partial charge in [-0.25, -0.2) is 0 Å². The second kappa shape index (κ2) is 9.51. The van der Waals surface area contributed by atoms with Gasteiger partial charge >= 0.3 is 0 Å². The summed E-state index contributed by atoms with van der Waals surface area (Å²) in [5, 5.41) is 5.89. The highest BCUT2D eigenvalue weighted by atomic mass is 32.2. The van der Waals surface area contributed by atoms with Crippen molar-refractivity contribution >= 4 is 23.6 Å². The predicted molar refractivity (Wildman–Crippen MR) is 92.3 cm³/mol. The number of rotatable bonds is 8. The highest BCUT2D eigenvalue weighted by Gasteiger charge is 2.15. The SMILES string of the molecule is CCC(CC)NC(=O)c1ccccc1SCC(=O)NC(C)C. The van der Waals surface area contributed by atoms with Crippen molar-refractivity contribution in [3.05, 3.63) is 29.8 Å². The lowest BCUT2D eigenvalue weighted by atomic mass is 10.1. The molecular weight excluding hydrogens is 296 g/mol. The molecular formula is C17H26N2O2S. The second-order valence-corrected chi connectivity index (χ2v) is 6.51. The standard InChI is InChI=1S/C17H26N2O2S/c1-5-13(6-2)19-17(21)14-9-7-8-10-15(14)22-11-16(20)18-12(3)4/h7-10,12-13H,5-6,11H2,1-4H3,(H,18,20)(H,19,21). The van der Waals surface area contributed by atoms with E-state index in [0.29, 0.717) is 11.3 Å². The van der Waals surface area contributed by atoms with Gasteiger partial charge in [-0.2, -0.15) is 0 Å². The number of hydrogen-bond donors (Lipinski definition) is 2. The third-order valence-corrected chi connectivity index (χ3v) is 4.33. The molecule has 122 valence electrons. The molecule has 1 aromatic rings. The summed E-state index contributed by atoms with van der Waals surface area (Å²) in [4.78, 5) is 25.0. The van der Waals surface area contributed by atoms with Gasteiger partial charge in [0.1, 0.15) is 0 Å². The number of carbonyl (C=O) groups excluding carboxylic acids is 2. The van der Waals surface area contributed by atoms with Crippen molar-refractivity contribution in [2.45, 2.75) is 57.5 Å². The third-order valence-electron chi connectivity index (χ3n) is 3.26. The maximum absolute atomic E-state index is 12.4. The zero-order valence-electron chi connectivity index (χ0n) is 13.8. The topological polar surface area (TPSA) is 58.2 Å². The van der Waals surface area contributed by atoms with Gasteiger partial charge in [0.25, 0.3) is 5.91 Å². The van der Waals surface area contributed by atoms with Crippen molar-refractivity contribution in [2.24, 2.45) is 0 Å². The van der Waals surface area contributed by atoms with Crippen molar-refractivity contribution < 1.29 is 9.59 Å². The molecule has 0 aromatic heterocycles. The molecule has 0 saturated carbocycles. The highest BCUT2D eigenvalue weighted by molar-refractivity contribution is 8.00. The van der Waals surface area contributed by atoms with Gasteiger partial charge in [-0.15, -0.1) is 11.8 Å². The van der Waals surface area contributed by atoms with Crippen LogP contribution in [0.5, 0.6) is 0 Å². The molecule has 0 heterocycles. The zero-order valence-corrected chi connectivity index (χ0v) is 14.6. The molecule has 0 aliphatic rings. The number of nitrogens with one attached hydrogen (secondary N) is 2. The van der Waals surface area contributed by atoms with Crippen LogP contribution in [-0.4, -0.2) is 29.7 Å². The summed E-state index contributed by atoms with van der Waals surface area (Å²) in [6.07, 6.45) is 1.82. The van der Waals surface area contributed by atoms with E-state index in [0.717, 1.165) is 17.7 Å². The fraction of sp³-hybridized carbons (Fsp3) is 0.529. The van der Waals surface area contributed by atoms with Crippen molar-refractivity contribution in [3.8, 4) is 0 Å². The Morgan fingerprint density at radius 3 is 2.32 bits per heavy atom. The van der Waals surface area contributed by atoms with E-state index in [1.165, 1.54) is 11.8 Å². The third kappa shape index (κ3) is 6.10. The normalized spacial score (nSPS) is 10.8.